The Bertz CT molecular complexity index is 918. The predicted octanol–water partition coefficient (Wildman–Crippen LogP) is 3.76. The molecule has 0 aliphatic carbocycles. The maximum absolute atomic E-state index is 12.6. The average molecular weight is 323 g/mol. The van der Waals surface area contributed by atoms with Gasteiger partial charge in [-0.3, -0.25) is 4.79 Å². The van der Waals surface area contributed by atoms with Crippen LogP contribution in [0.5, 0.6) is 5.88 Å². The molecule has 3 aromatic rings. The molecule has 5 heteroatoms. The summed E-state index contributed by atoms with van der Waals surface area (Å²) in [4.78, 5) is 12.6. The second-order valence-electron chi connectivity index (χ2n) is 6.09. The van der Waals surface area contributed by atoms with Crippen molar-refractivity contribution in [3.63, 3.8) is 0 Å². The number of hydrogen-bond donors (Lipinski definition) is 1. The number of aromatic nitrogens is 2. The van der Waals surface area contributed by atoms with Gasteiger partial charge in [0.05, 0.1) is 18.0 Å². The number of fused-ring (bicyclic) bond motifs is 1. The number of amides is 1. The van der Waals surface area contributed by atoms with Gasteiger partial charge in [0.1, 0.15) is 0 Å². The predicted molar refractivity (Wildman–Crippen MR) is 95.9 cm³/mol. The summed E-state index contributed by atoms with van der Waals surface area (Å²) in [5, 5.41) is 8.30. The van der Waals surface area contributed by atoms with Crippen LogP contribution in [0.15, 0.2) is 30.3 Å². The van der Waals surface area contributed by atoms with E-state index in [1.165, 1.54) is 5.56 Å². The summed E-state index contributed by atoms with van der Waals surface area (Å²) in [6.45, 7) is 6.05. The van der Waals surface area contributed by atoms with Crippen molar-refractivity contribution < 1.29 is 9.53 Å². The van der Waals surface area contributed by atoms with E-state index in [-0.39, 0.29) is 5.91 Å². The zero-order valence-electron chi connectivity index (χ0n) is 14.6. The third-order valence-electron chi connectivity index (χ3n) is 4.15. The highest BCUT2D eigenvalue weighted by Crippen LogP contribution is 2.26. The van der Waals surface area contributed by atoms with Gasteiger partial charge in [-0.2, -0.15) is 5.10 Å². The molecule has 0 aliphatic rings. The van der Waals surface area contributed by atoms with Crippen LogP contribution in [0.1, 0.15) is 27.0 Å². The lowest BCUT2D eigenvalue weighted by Gasteiger charge is -2.13. The van der Waals surface area contributed by atoms with Gasteiger partial charge in [-0.25, -0.2) is 4.68 Å². The third-order valence-corrected chi connectivity index (χ3v) is 4.15. The van der Waals surface area contributed by atoms with Crippen molar-refractivity contribution in [1.82, 2.24) is 9.78 Å². The fraction of sp³-hybridized carbons (Fsp3) is 0.263. The highest BCUT2D eigenvalue weighted by molar-refractivity contribution is 6.07. The molecule has 1 aromatic heterocycles. The van der Waals surface area contributed by atoms with E-state index in [1.807, 2.05) is 33.9 Å². The number of carbonyl (C=O) groups excluding carboxylic acids is 1. The number of anilines is 1. The number of rotatable bonds is 3. The van der Waals surface area contributed by atoms with Crippen molar-refractivity contribution in [2.75, 3.05) is 12.4 Å². The first kappa shape index (κ1) is 16.1. The van der Waals surface area contributed by atoms with Crippen LogP contribution in [0.2, 0.25) is 0 Å². The smallest absolute Gasteiger partial charge is 0.255 e. The minimum Gasteiger partial charge on any atom is -0.481 e. The molecule has 0 spiro atoms. The maximum atomic E-state index is 12.6. The molecule has 3 rings (SSSR count). The van der Waals surface area contributed by atoms with Crippen LogP contribution < -0.4 is 10.1 Å². The second kappa shape index (κ2) is 6.00. The van der Waals surface area contributed by atoms with Gasteiger partial charge in [0.2, 0.25) is 5.88 Å². The number of nitrogens with zero attached hydrogens (tertiary/aromatic N) is 2. The zero-order chi connectivity index (χ0) is 17.4. The molecule has 0 aliphatic heterocycles. The van der Waals surface area contributed by atoms with Gasteiger partial charge in [-0.05, 0) is 50.1 Å². The summed E-state index contributed by atoms with van der Waals surface area (Å²) in [6, 6.07) is 9.57. The summed E-state index contributed by atoms with van der Waals surface area (Å²) in [5.74, 6) is 0.541. The first-order valence-corrected chi connectivity index (χ1v) is 7.80. The van der Waals surface area contributed by atoms with Crippen molar-refractivity contribution in [3.05, 3.63) is 52.6 Å². The van der Waals surface area contributed by atoms with Crippen LogP contribution in [0.4, 0.5) is 5.69 Å². The number of nitrogens with one attached hydrogen (secondary N) is 1. The van der Waals surface area contributed by atoms with Crippen LogP contribution >= 0.6 is 0 Å². The van der Waals surface area contributed by atoms with Crippen LogP contribution in [-0.4, -0.2) is 22.8 Å². The number of benzene rings is 2. The minimum atomic E-state index is -0.142. The van der Waals surface area contributed by atoms with Gasteiger partial charge < -0.3 is 10.1 Å². The molecule has 0 unspecified atom stereocenters. The van der Waals surface area contributed by atoms with Crippen LogP contribution in [0.3, 0.4) is 0 Å². The Kier molecular flexibility index (Phi) is 4.01. The normalized spacial score (nSPS) is 10.9. The molecule has 24 heavy (non-hydrogen) atoms. The van der Waals surface area contributed by atoms with Crippen LogP contribution in [-0.2, 0) is 7.05 Å². The lowest BCUT2D eigenvalue weighted by atomic mass is 10.0. The Balaban J connectivity index is 1.95. The summed E-state index contributed by atoms with van der Waals surface area (Å²) in [7, 11) is 3.43. The fourth-order valence-electron chi connectivity index (χ4n) is 3.12. The van der Waals surface area contributed by atoms with Crippen molar-refractivity contribution in [1.29, 1.82) is 0 Å². The van der Waals surface area contributed by atoms with E-state index in [4.69, 9.17) is 4.74 Å². The Hall–Kier alpha value is -2.82. The SMILES string of the molecule is COc1c2ccc(C(=O)Nc3c(C)cc(C)cc3C)cc2nn1C. The molecule has 5 nitrogen and oxygen atoms in total. The summed E-state index contributed by atoms with van der Waals surface area (Å²) >= 11 is 0. The first-order chi connectivity index (χ1) is 11.4. The molecule has 0 saturated carbocycles. The van der Waals surface area contributed by atoms with Crippen molar-refractivity contribution in [2.24, 2.45) is 7.05 Å². The maximum Gasteiger partial charge on any atom is 0.255 e. The molecule has 124 valence electrons. The van der Waals surface area contributed by atoms with Crippen molar-refractivity contribution >= 4 is 22.5 Å². The molecule has 0 atom stereocenters. The molecule has 1 N–H and O–H groups in total. The highest BCUT2D eigenvalue weighted by Gasteiger charge is 2.14. The van der Waals surface area contributed by atoms with E-state index >= 15 is 0 Å². The van der Waals surface area contributed by atoms with Crippen LogP contribution in [0.25, 0.3) is 10.9 Å². The summed E-state index contributed by atoms with van der Waals surface area (Å²) in [6.07, 6.45) is 0. The van der Waals surface area contributed by atoms with E-state index < -0.39 is 0 Å². The topological polar surface area (TPSA) is 56.1 Å². The zero-order valence-corrected chi connectivity index (χ0v) is 14.6. The Morgan fingerprint density at radius 1 is 1.12 bits per heavy atom. The molecule has 2 aromatic carbocycles. The molecule has 0 saturated heterocycles. The largest absolute Gasteiger partial charge is 0.481 e. The van der Waals surface area contributed by atoms with Crippen molar-refractivity contribution in [2.45, 2.75) is 20.8 Å². The van der Waals surface area contributed by atoms with Gasteiger partial charge in [-0.15, -0.1) is 0 Å². The Labute approximate surface area is 141 Å². The van der Waals surface area contributed by atoms with Gasteiger partial charge in [0.25, 0.3) is 5.91 Å². The van der Waals surface area contributed by atoms with Gasteiger partial charge in [0.15, 0.2) is 0 Å². The van der Waals surface area contributed by atoms with E-state index in [0.717, 1.165) is 27.7 Å². The lowest BCUT2D eigenvalue weighted by molar-refractivity contribution is 0.102. The number of methoxy groups -OCH3 is 1. The second-order valence-corrected chi connectivity index (χ2v) is 6.09. The molecule has 1 heterocycles. The van der Waals surface area contributed by atoms with Gasteiger partial charge >= 0.3 is 0 Å². The summed E-state index contributed by atoms with van der Waals surface area (Å²) < 4.78 is 7.00. The minimum absolute atomic E-state index is 0.142. The molecule has 1 amide bonds. The molecule has 0 fully saturated rings. The van der Waals surface area contributed by atoms with E-state index in [0.29, 0.717) is 11.4 Å². The molecule has 0 bridgehead atoms. The molecule has 0 radical (unpaired) electrons. The molecular weight excluding hydrogens is 302 g/mol. The lowest BCUT2D eigenvalue weighted by Crippen LogP contribution is -2.13. The van der Waals surface area contributed by atoms with E-state index in [9.17, 15) is 4.79 Å². The number of aryl methyl sites for hydroxylation is 4. The quantitative estimate of drug-likeness (QED) is 0.798. The number of ether oxygens (including phenoxy) is 1. The summed E-state index contributed by atoms with van der Waals surface area (Å²) in [5.41, 5.74) is 5.47. The van der Waals surface area contributed by atoms with Gasteiger partial charge in [-0.1, -0.05) is 17.7 Å². The standard InChI is InChI=1S/C19H21N3O2/c1-11-8-12(2)17(13(3)9-11)20-18(23)14-6-7-15-16(10-14)21-22(4)19(15)24-5/h6-10H,1-5H3,(H,20,23). The number of hydrogen-bond acceptors (Lipinski definition) is 3. The van der Waals surface area contributed by atoms with Gasteiger partial charge in [0, 0.05) is 18.3 Å². The Morgan fingerprint density at radius 3 is 2.42 bits per heavy atom. The number of carbonyl (C=O) groups is 1. The average Bonchev–Trinajstić information content (AvgIpc) is 2.84. The Morgan fingerprint density at radius 2 is 1.79 bits per heavy atom. The van der Waals surface area contributed by atoms with Crippen LogP contribution in [0, 0.1) is 20.8 Å². The first-order valence-electron chi connectivity index (χ1n) is 7.80. The fourth-order valence-corrected chi connectivity index (χ4v) is 3.12. The van der Waals surface area contributed by atoms with E-state index in [2.05, 4.69) is 22.5 Å². The van der Waals surface area contributed by atoms with E-state index in [1.54, 1.807) is 23.9 Å². The molecular formula is C19H21N3O2. The third kappa shape index (κ3) is 2.73. The van der Waals surface area contributed by atoms with Crippen molar-refractivity contribution in [3.8, 4) is 5.88 Å². The highest BCUT2D eigenvalue weighted by atomic mass is 16.5. The monoisotopic (exact) mass is 323 g/mol.